The Kier molecular flexibility index (Phi) is 7.70. The Morgan fingerprint density at radius 2 is 1.71 bits per heavy atom. The molecule has 3 amide bonds. The average molecular weight is 244 g/mol. The fraction of sp³-hybridized carbons (Fsp3) is 0.700. The third-order valence-electron chi connectivity index (χ3n) is 1.83. The molecule has 0 unspecified atom stereocenters. The first-order chi connectivity index (χ1) is 7.95. The first-order valence-corrected chi connectivity index (χ1v) is 5.53. The lowest BCUT2D eigenvalue weighted by Crippen LogP contribution is -2.50. The van der Waals surface area contributed by atoms with Crippen molar-refractivity contribution in [3.8, 4) is 0 Å². The van der Waals surface area contributed by atoms with Gasteiger partial charge in [-0.05, 0) is 0 Å². The minimum atomic E-state index is -0.607. The highest BCUT2D eigenvalue weighted by atomic mass is 16.2. The van der Waals surface area contributed by atoms with Crippen molar-refractivity contribution in [2.45, 2.75) is 33.2 Å². The SMILES string of the molecule is CCC(=O)CNC(=O)NNC(=O)CNC(C)C. The summed E-state index contributed by atoms with van der Waals surface area (Å²) in [7, 11) is 0. The van der Waals surface area contributed by atoms with Gasteiger partial charge in [0, 0.05) is 12.5 Å². The van der Waals surface area contributed by atoms with Gasteiger partial charge in [-0.25, -0.2) is 10.2 Å². The van der Waals surface area contributed by atoms with E-state index < -0.39 is 6.03 Å². The van der Waals surface area contributed by atoms with E-state index in [9.17, 15) is 14.4 Å². The van der Waals surface area contributed by atoms with E-state index >= 15 is 0 Å². The van der Waals surface area contributed by atoms with Crippen LogP contribution in [0.15, 0.2) is 0 Å². The maximum absolute atomic E-state index is 11.2. The predicted octanol–water partition coefficient (Wildman–Crippen LogP) is -0.706. The van der Waals surface area contributed by atoms with Gasteiger partial charge >= 0.3 is 6.03 Å². The molecule has 0 aliphatic carbocycles. The van der Waals surface area contributed by atoms with E-state index in [0.29, 0.717) is 6.42 Å². The number of rotatable bonds is 6. The minimum Gasteiger partial charge on any atom is -0.330 e. The van der Waals surface area contributed by atoms with Gasteiger partial charge in [0.2, 0.25) is 0 Å². The van der Waals surface area contributed by atoms with Gasteiger partial charge in [-0.3, -0.25) is 15.0 Å². The molecule has 0 bridgehead atoms. The van der Waals surface area contributed by atoms with Crippen molar-refractivity contribution in [2.75, 3.05) is 13.1 Å². The Labute approximate surface area is 101 Å². The van der Waals surface area contributed by atoms with Crippen LogP contribution in [-0.2, 0) is 9.59 Å². The first kappa shape index (κ1) is 15.4. The van der Waals surface area contributed by atoms with Gasteiger partial charge in [0.05, 0.1) is 13.1 Å². The lowest BCUT2D eigenvalue weighted by molar-refractivity contribution is -0.121. The van der Waals surface area contributed by atoms with E-state index in [1.54, 1.807) is 6.92 Å². The second kappa shape index (κ2) is 8.51. The molecule has 0 aromatic rings. The lowest BCUT2D eigenvalue weighted by atomic mass is 10.3. The molecule has 98 valence electrons. The summed E-state index contributed by atoms with van der Waals surface area (Å²) in [5.41, 5.74) is 4.35. The topological polar surface area (TPSA) is 99.3 Å². The van der Waals surface area contributed by atoms with Gasteiger partial charge in [0.15, 0.2) is 5.78 Å². The van der Waals surface area contributed by atoms with Crippen LogP contribution in [0.5, 0.6) is 0 Å². The Hall–Kier alpha value is -1.63. The lowest BCUT2D eigenvalue weighted by Gasteiger charge is -2.10. The van der Waals surface area contributed by atoms with E-state index in [1.807, 2.05) is 13.8 Å². The van der Waals surface area contributed by atoms with Crippen LogP contribution in [0.1, 0.15) is 27.2 Å². The van der Waals surface area contributed by atoms with Crippen molar-refractivity contribution >= 4 is 17.7 Å². The molecule has 0 saturated carbocycles. The van der Waals surface area contributed by atoms with E-state index in [2.05, 4.69) is 21.5 Å². The highest BCUT2D eigenvalue weighted by Crippen LogP contribution is 1.77. The van der Waals surface area contributed by atoms with Crippen molar-refractivity contribution in [1.29, 1.82) is 0 Å². The molecule has 0 atom stereocenters. The molecule has 0 saturated heterocycles. The van der Waals surface area contributed by atoms with Crippen molar-refractivity contribution in [1.82, 2.24) is 21.5 Å². The minimum absolute atomic E-state index is 0.0392. The number of nitrogens with one attached hydrogen (secondary N) is 4. The van der Waals surface area contributed by atoms with Crippen LogP contribution in [0.2, 0.25) is 0 Å². The standard InChI is InChI=1S/C10H20N4O3/c1-4-8(15)5-12-10(17)14-13-9(16)6-11-7(2)3/h7,11H,4-6H2,1-3H3,(H,13,16)(H2,12,14,17). The van der Waals surface area contributed by atoms with Crippen LogP contribution in [0.25, 0.3) is 0 Å². The molecular weight excluding hydrogens is 224 g/mol. The van der Waals surface area contributed by atoms with Crippen molar-refractivity contribution in [3.05, 3.63) is 0 Å². The van der Waals surface area contributed by atoms with Crippen molar-refractivity contribution in [3.63, 3.8) is 0 Å². The fourth-order valence-electron chi connectivity index (χ4n) is 0.816. The molecule has 0 heterocycles. The molecule has 7 heteroatoms. The number of carbonyl (C=O) groups excluding carboxylic acids is 3. The van der Waals surface area contributed by atoms with Crippen molar-refractivity contribution in [2.24, 2.45) is 0 Å². The smallest absolute Gasteiger partial charge is 0.330 e. The maximum Gasteiger partial charge on any atom is 0.333 e. The van der Waals surface area contributed by atoms with Crippen LogP contribution in [-0.4, -0.2) is 36.9 Å². The summed E-state index contributed by atoms with van der Waals surface area (Å²) in [5.74, 6) is -0.427. The van der Waals surface area contributed by atoms with Crippen LogP contribution in [0, 0.1) is 0 Å². The van der Waals surface area contributed by atoms with E-state index in [1.165, 1.54) is 0 Å². The van der Waals surface area contributed by atoms with Crippen LogP contribution < -0.4 is 21.5 Å². The summed E-state index contributed by atoms with van der Waals surface area (Å²) >= 11 is 0. The second-order valence-electron chi connectivity index (χ2n) is 3.78. The fourth-order valence-corrected chi connectivity index (χ4v) is 0.816. The molecule has 0 aromatic heterocycles. The van der Waals surface area contributed by atoms with Gasteiger partial charge in [0.1, 0.15) is 0 Å². The van der Waals surface area contributed by atoms with Gasteiger partial charge in [-0.15, -0.1) is 0 Å². The molecule has 0 spiro atoms. The van der Waals surface area contributed by atoms with Gasteiger partial charge in [0.25, 0.3) is 5.91 Å². The summed E-state index contributed by atoms with van der Waals surface area (Å²) < 4.78 is 0. The molecule has 0 aliphatic heterocycles. The Bertz CT molecular complexity index is 279. The molecule has 0 aliphatic rings. The summed E-state index contributed by atoms with van der Waals surface area (Å²) in [4.78, 5) is 33.2. The monoisotopic (exact) mass is 244 g/mol. The van der Waals surface area contributed by atoms with Gasteiger partial charge in [-0.2, -0.15) is 0 Å². The molecule has 0 radical (unpaired) electrons. The van der Waals surface area contributed by atoms with Gasteiger partial charge in [-0.1, -0.05) is 20.8 Å². The number of urea groups is 1. The van der Waals surface area contributed by atoms with E-state index in [0.717, 1.165) is 0 Å². The second-order valence-corrected chi connectivity index (χ2v) is 3.78. The van der Waals surface area contributed by atoms with Crippen molar-refractivity contribution < 1.29 is 14.4 Å². The zero-order valence-electron chi connectivity index (χ0n) is 10.4. The Balaban J connectivity index is 3.62. The quantitative estimate of drug-likeness (QED) is 0.464. The summed E-state index contributed by atoms with van der Waals surface area (Å²) in [6.07, 6.45) is 0.366. The number of amides is 3. The number of hydrogen-bond donors (Lipinski definition) is 4. The Morgan fingerprint density at radius 3 is 2.24 bits per heavy atom. The maximum atomic E-state index is 11.2. The normalized spacial score (nSPS) is 9.88. The molecule has 4 N–H and O–H groups in total. The third kappa shape index (κ3) is 9.31. The van der Waals surface area contributed by atoms with Crippen LogP contribution in [0.3, 0.4) is 0 Å². The van der Waals surface area contributed by atoms with Crippen LogP contribution in [0.4, 0.5) is 4.79 Å². The Morgan fingerprint density at radius 1 is 1.06 bits per heavy atom. The van der Waals surface area contributed by atoms with Crippen LogP contribution >= 0.6 is 0 Å². The average Bonchev–Trinajstić information content (AvgIpc) is 2.30. The molecule has 7 nitrogen and oxygen atoms in total. The summed E-state index contributed by atoms with van der Waals surface area (Å²) in [6.45, 7) is 5.60. The number of hydrazine groups is 1. The zero-order chi connectivity index (χ0) is 13.3. The predicted molar refractivity (Wildman–Crippen MR) is 63.1 cm³/mol. The van der Waals surface area contributed by atoms with E-state index in [-0.39, 0.29) is 30.8 Å². The third-order valence-corrected chi connectivity index (χ3v) is 1.83. The number of Topliss-reactive ketones (excluding diaryl/α,β-unsaturated/α-hetero) is 1. The number of carbonyl (C=O) groups is 3. The summed E-state index contributed by atoms with van der Waals surface area (Å²) in [6, 6.07) is -0.415. The van der Waals surface area contributed by atoms with E-state index in [4.69, 9.17) is 0 Å². The molecular formula is C10H20N4O3. The molecule has 0 aromatic carbocycles. The van der Waals surface area contributed by atoms with Gasteiger partial charge < -0.3 is 10.6 Å². The highest BCUT2D eigenvalue weighted by Gasteiger charge is 2.05. The summed E-state index contributed by atoms with van der Waals surface area (Å²) in [5, 5.41) is 5.21. The highest BCUT2D eigenvalue weighted by molar-refractivity contribution is 5.86. The number of ketones is 1. The first-order valence-electron chi connectivity index (χ1n) is 5.53. The molecule has 0 fully saturated rings. The zero-order valence-corrected chi connectivity index (χ0v) is 10.4. The molecule has 17 heavy (non-hydrogen) atoms. The largest absolute Gasteiger partial charge is 0.333 e. The molecule has 0 rings (SSSR count). The number of hydrogen-bond acceptors (Lipinski definition) is 4.